The van der Waals surface area contributed by atoms with Gasteiger partial charge in [0, 0.05) is 31.1 Å². The second-order valence-corrected chi connectivity index (χ2v) is 6.83. The lowest BCUT2D eigenvalue weighted by atomic mass is 10.1. The van der Waals surface area contributed by atoms with Crippen LogP contribution in [0.15, 0.2) is 24.3 Å². The predicted octanol–water partition coefficient (Wildman–Crippen LogP) is 3.48. The third kappa shape index (κ3) is 3.30. The fourth-order valence-electron chi connectivity index (χ4n) is 2.79. The highest BCUT2D eigenvalue weighted by atomic mass is 32.1. The van der Waals surface area contributed by atoms with Crippen LogP contribution in [0.1, 0.15) is 29.8 Å². The maximum Gasteiger partial charge on any atom is 0.246 e. The first kappa shape index (κ1) is 15.0. The Hall–Kier alpha value is -1.88. The van der Waals surface area contributed by atoms with Gasteiger partial charge in [-0.15, -0.1) is 11.3 Å². The lowest BCUT2D eigenvalue weighted by molar-refractivity contribution is -0.126. The molecule has 5 heteroatoms. The smallest absolute Gasteiger partial charge is 0.246 e. The van der Waals surface area contributed by atoms with Gasteiger partial charge in [-0.05, 0) is 50.5 Å². The summed E-state index contributed by atoms with van der Waals surface area (Å²) in [4.78, 5) is 16.3. The number of piperidine rings is 1. The molecule has 1 saturated heterocycles. The van der Waals surface area contributed by atoms with Gasteiger partial charge in [0.25, 0.3) is 0 Å². The minimum Gasteiger partial charge on any atom is -0.339 e. The summed E-state index contributed by atoms with van der Waals surface area (Å²) in [6.07, 6.45) is 7.13. The largest absolute Gasteiger partial charge is 0.339 e. The molecule has 0 aromatic carbocycles. The molecule has 2 aromatic rings. The molecular formula is C17H21N3OS. The van der Waals surface area contributed by atoms with Crippen LogP contribution in [0.2, 0.25) is 0 Å². The third-order valence-corrected chi connectivity index (χ3v) is 5.01. The number of aromatic nitrogens is 2. The van der Waals surface area contributed by atoms with Crippen LogP contribution in [0.25, 0.3) is 16.6 Å². The van der Waals surface area contributed by atoms with E-state index in [2.05, 4.69) is 23.3 Å². The first-order valence-corrected chi connectivity index (χ1v) is 8.53. The van der Waals surface area contributed by atoms with E-state index in [1.165, 1.54) is 11.3 Å². The monoisotopic (exact) mass is 315 g/mol. The minimum atomic E-state index is 0.131. The maximum atomic E-state index is 12.1. The molecule has 0 spiro atoms. The van der Waals surface area contributed by atoms with E-state index in [0.29, 0.717) is 0 Å². The lowest BCUT2D eigenvalue weighted by Gasteiger charge is -2.25. The Balaban J connectivity index is 1.70. The number of aryl methyl sites for hydroxylation is 2. The normalized spacial score (nSPS) is 15.6. The molecule has 3 rings (SSSR count). The molecule has 0 saturated carbocycles. The molecule has 0 radical (unpaired) electrons. The van der Waals surface area contributed by atoms with Crippen molar-refractivity contribution in [3.05, 3.63) is 34.8 Å². The fraction of sp³-hybridized carbons (Fsp3) is 0.412. The molecule has 22 heavy (non-hydrogen) atoms. The van der Waals surface area contributed by atoms with Crippen LogP contribution in [0.5, 0.6) is 0 Å². The zero-order chi connectivity index (χ0) is 15.5. The van der Waals surface area contributed by atoms with Gasteiger partial charge in [0.1, 0.15) is 0 Å². The second-order valence-electron chi connectivity index (χ2n) is 5.72. The number of carbonyl (C=O) groups is 1. The van der Waals surface area contributed by atoms with Crippen molar-refractivity contribution in [2.24, 2.45) is 7.05 Å². The summed E-state index contributed by atoms with van der Waals surface area (Å²) < 4.78 is 1.90. The molecule has 4 nitrogen and oxygen atoms in total. The summed E-state index contributed by atoms with van der Waals surface area (Å²) >= 11 is 1.68. The van der Waals surface area contributed by atoms with E-state index in [1.54, 1.807) is 17.4 Å². The van der Waals surface area contributed by atoms with Gasteiger partial charge < -0.3 is 4.90 Å². The first-order chi connectivity index (χ1) is 10.6. The maximum absolute atomic E-state index is 12.1. The molecule has 0 atom stereocenters. The van der Waals surface area contributed by atoms with Gasteiger partial charge in [-0.2, -0.15) is 5.10 Å². The van der Waals surface area contributed by atoms with Crippen molar-refractivity contribution < 1.29 is 4.79 Å². The third-order valence-electron chi connectivity index (χ3n) is 3.94. The van der Waals surface area contributed by atoms with Crippen molar-refractivity contribution in [1.29, 1.82) is 0 Å². The van der Waals surface area contributed by atoms with E-state index in [0.717, 1.165) is 42.2 Å². The number of likely N-dealkylation sites (tertiary alicyclic amines) is 1. The zero-order valence-corrected chi connectivity index (χ0v) is 13.9. The molecule has 1 fully saturated rings. The van der Waals surface area contributed by atoms with Crippen molar-refractivity contribution >= 4 is 23.3 Å². The van der Waals surface area contributed by atoms with Gasteiger partial charge in [0.2, 0.25) is 5.91 Å². The molecule has 116 valence electrons. The van der Waals surface area contributed by atoms with Gasteiger partial charge in [-0.3, -0.25) is 9.48 Å². The van der Waals surface area contributed by atoms with E-state index < -0.39 is 0 Å². The fourth-order valence-corrected chi connectivity index (χ4v) is 3.75. The molecule has 0 aliphatic carbocycles. The van der Waals surface area contributed by atoms with Crippen LogP contribution < -0.4 is 0 Å². The highest BCUT2D eigenvalue weighted by Gasteiger charge is 2.14. The Labute approximate surface area is 135 Å². The van der Waals surface area contributed by atoms with Crippen LogP contribution in [0.3, 0.4) is 0 Å². The number of hydrogen-bond acceptors (Lipinski definition) is 3. The molecule has 1 aliphatic rings. The summed E-state index contributed by atoms with van der Waals surface area (Å²) in [7, 11) is 1.96. The molecule has 2 aromatic heterocycles. The summed E-state index contributed by atoms with van der Waals surface area (Å²) in [6.45, 7) is 3.79. The quantitative estimate of drug-likeness (QED) is 0.813. The number of amides is 1. The van der Waals surface area contributed by atoms with Crippen LogP contribution in [0.4, 0.5) is 0 Å². The van der Waals surface area contributed by atoms with Crippen molar-refractivity contribution in [1.82, 2.24) is 14.7 Å². The molecule has 3 heterocycles. The molecule has 1 amide bonds. The first-order valence-electron chi connectivity index (χ1n) is 7.71. The van der Waals surface area contributed by atoms with Gasteiger partial charge in [0.15, 0.2) is 0 Å². The summed E-state index contributed by atoms with van der Waals surface area (Å²) in [5.41, 5.74) is 2.13. The number of hydrogen-bond donors (Lipinski definition) is 0. The summed E-state index contributed by atoms with van der Waals surface area (Å²) in [5, 5.41) is 4.38. The standard InChI is InChI=1S/C17H21N3OS/c1-13-12-15(19(2)18-13)16-8-6-14(22-16)7-9-17(21)20-10-4-3-5-11-20/h6-9,12H,3-5,10-11H2,1-2H3/b9-7+. The molecular weight excluding hydrogens is 294 g/mol. The summed E-state index contributed by atoms with van der Waals surface area (Å²) in [6, 6.07) is 6.23. The average molecular weight is 315 g/mol. The van der Waals surface area contributed by atoms with Crippen LogP contribution in [-0.4, -0.2) is 33.7 Å². The topological polar surface area (TPSA) is 38.1 Å². The predicted molar refractivity (Wildman–Crippen MR) is 90.7 cm³/mol. The molecule has 0 unspecified atom stereocenters. The van der Waals surface area contributed by atoms with E-state index in [9.17, 15) is 4.79 Å². The van der Waals surface area contributed by atoms with Gasteiger partial charge in [-0.25, -0.2) is 0 Å². The Morgan fingerprint density at radius 2 is 2.05 bits per heavy atom. The van der Waals surface area contributed by atoms with E-state index in [-0.39, 0.29) is 5.91 Å². The Morgan fingerprint density at radius 3 is 2.73 bits per heavy atom. The van der Waals surface area contributed by atoms with Crippen LogP contribution in [-0.2, 0) is 11.8 Å². The van der Waals surface area contributed by atoms with Gasteiger partial charge in [-0.1, -0.05) is 0 Å². The number of carbonyl (C=O) groups excluding carboxylic acids is 1. The lowest BCUT2D eigenvalue weighted by Crippen LogP contribution is -2.34. The van der Waals surface area contributed by atoms with E-state index >= 15 is 0 Å². The highest BCUT2D eigenvalue weighted by molar-refractivity contribution is 7.16. The number of nitrogens with zero attached hydrogens (tertiary/aromatic N) is 3. The number of rotatable bonds is 3. The Morgan fingerprint density at radius 1 is 1.27 bits per heavy atom. The average Bonchev–Trinajstić information content (AvgIpc) is 3.12. The van der Waals surface area contributed by atoms with Crippen molar-refractivity contribution in [2.75, 3.05) is 13.1 Å². The SMILES string of the molecule is Cc1cc(-c2ccc(/C=C/C(=O)N3CCCCC3)s2)n(C)n1. The van der Waals surface area contributed by atoms with E-state index in [1.807, 2.05) is 29.6 Å². The zero-order valence-electron chi connectivity index (χ0n) is 13.1. The molecule has 0 N–H and O–H groups in total. The minimum absolute atomic E-state index is 0.131. The molecule has 1 aliphatic heterocycles. The van der Waals surface area contributed by atoms with Gasteiger partial charge in [0.05, 0.1) is 16.3 Å². The Bertz CT molecular complexity index is 693. The van der Waals surface area contributed by atoms with Gasteiger partial charge >= 0.3 is 0 Å². The van der Waals surface area contributed by atoms with Crippen molar-refractivity contribution in [3.63, 3.8) is 0 Å². The Kier molecular flexibility index (Phi) is 4.43. The number of thiophene rings is 1. The van der Waals surface area contributed by atoms with E-state index in [4.69, 9.17) is 0 Å². The van der Waals surface area contributed by atoms with Crippen molar-refractivity contribution in [2.45, 2.75) is 26.2 Å². The highest BCUT2D eigenvalue weighted by Crippen LogP contribution is 2.29. The van der Waals surface area contributed by atoms with Crippen molar-refractivity contribution in [3.8, 4) is 10.6 Å². The second kappa shape index (κ2) is 6.48. The van der Waals surface area contributed by atoms with Crippen LogP contribution in [0, 0.1) is 6.92 Å². The van der Waals surface area contributed by atoms with Crippen LogP contribution >= 0.6 is 11.3 Å². The molecule has 0 bridgehead atoms. The summed E-state index contributed by atoms with van der Waals surface area (Å²) in [5.74, 6) is 0.131.